The molecule has 2 aromatic carbocycles. The molecule has 1 fully saturated rings. The van der Waals surface area contributed by atoms with E-state index in [1.165, 1.54) is 11.0 Å². The normalized spacial score (nSPS) is 13.5. The number of amides is 1. The lowest BCUT2D eigenvalue weighted by Gasteiger charge is -2.15. The third kappa shape index (κ3) is 3.90. The maximum atomic E-state index is 12.3. The molecule has 0 unspecified atom stereocenters. The minimum Gasteiger partial charge on any atom is -0.457 e. The highest BCUT2D eigenvalue weighted by Crippen LogP contribution is 2.15. The molecule has 0 atom stereocenters. The van der Waals surface area contributed by atoms with E-state index in [-0.39, 0.29) is 12.5 Å². The number of tetrazole rings is 1. The number of esters is 1. The number of nitrogens with zero attached hydrogens (tertiary/aromatic N) is 5. The molecule has 0 N–H and O–H groups in total. The molecule has 142 valence electrons. The Labute approximate surface area is 161 Å². The summed E-state index contributed by atoms with van der Waals surface area (Å²) in [5.74, 6) is -0.357. The number of carbonyl (C=O) groups excluding carboxylic acids is 2. The highest BCUT2D eigenvalue weighted by Gasteiger charge is 2.19. The Morgan fingerprint density at radius 2 is 1.61 bits per heavy atom. The molecule has 0 radical (unpaired) electrons. The van der Waals surface area contributed by atoms with Gasteiger partial charge >= 0.3 is 5.97 Å². The minimum atomic E-state index is -0.416. The fourth-order valence-corrected chi connectivity index (χ4v) is 3.11. The average molecular weight is 377 g/mol. The van der Waals surface area contributed by atoms with Crippen LogP contribution >= 0.6 is 0 Å². The van der Waals surface area contributed by atoms with Crippen LogP contribution in [0.1, 0.15) is 39.1 Å². The Bertz CT molecular complexity index is 947. The summed E-state index contributed by atoms with van der Waals surface area (Å²) < 4.78 is 6.86. The second-order valence-corrected chi connectivity index (χ2v) is 6.57. The van der Waals surface area contributed by atoms with Crippen LogP contribution in [0.4, 0.5) is 0 Å². The molecule has 0 spiro atoms. The number of carbonyl (C=O) groups is 2. The van der Waals surface area contributed by atoms with E-state index in [9.17, 15) is 9.59 Å². The van der Waals surface area contributed by atoms with Crippen molar-refractivity contribution in [2.75, 3.05) is 13.1 Å². The number of aromatic nitrogens is 4. The molecule has 1 amide bonds. The van der Waals surface area contributed by atoms with Crippen molar-refractivity contribution in [2.24, 2.45) is 0 Å². The molecule has 1 saturated heterocycles. The smallest absolute Gasteiger partial charge is 0.338 e. The van der Waals surface area contributed by atoms with Gasteiger partial charge in [0.2, 0.25) is 0 Å². The van der Waals surface area contributed by atoms with E-state index in [2.05, 4.69) is 15.5 Å². The third-order valence-corrected chi connectivity index (χ3v) is 4.68. The lowest BCUT2D eigenvalue weighted by atomic mass is 10.1. The zero-order chi connectivity index (χ0) is 19.3. The van der Waals surface area contributed by atoms with Gasteiger partial charge in [0.15, 0.2) is 0 Å². The van der Waals surface area contributed by atoms with Crippen LogP contribution in [0.25, 0.3) is 5.69 Å². The van der Waals surface area contributed by atoms with Crippen molar-refractivity contribution in [3.63, 3.8) is 0 Å². The maximum Gasteiger partial charge on any atom is 0.338 e. The highest BCUT2D eigenvalue weighted by molar-refractivity contribution is 5.94. The second kappa shape index (κ2) is 7.99. The summed E-state index contributed by atoms with van der Waals surface area (Å²) in [6, 6.07) is 14.0. The molecular formula is C20H19N5O3. The first-order chi connectivity index (χ1) is 13.7. The molecular weight excluding hydrogens is 358 g/mol. The van der Waals surface area contributed by atoms with E-state index < -0.39 is 5.97 Å². The van der Waals surface area contributed by atoms with Gasteiger partial charge in [-0.2, -0.15) is 0 Å². The molecule has 8 heteroatoms. The first kappa shape index (κ1) is 17.8. The predicted molar refractivity (Wildman–Crippen MR) is 99.9 cm³/mol. The molecule has 1 aromatic heterocycles. The fourth-order valence-electron chi connectivity index (χ4n) is 3.11. The van der Waals surface area contributed by atoms with Gasteiger partial charge in [0.05, 0.1) is 11.3 Å². The van der Waals surface area contributed by atoms with Gasteiger partial charge in [0.1, 0.15) is 12.9 Å². The summed E-state index contributed by atoms with van der Waals surface area (Å²) in [7, 11) is 0. The molecule has 1 aliphatic rings. The van der Waals surface area contributed by atoms with Crippen molar-refractivity contribution in [1.29, 1.82) is 0 Å². The molecule has 0 bridgehead atoms. The van der Waals surface area contributed by atoms with Crippen molar-refractivity contribution in [3.05, 3.63) is 71.5 Å². The van der Waals surface area contributed by atoms with Crippen molar-refractivity contribution < 1.29 is 14.3 Å². The average Bonchev–Trinajstić information content (AvgIpc) is 3.46. The summed E-state index contributed by atoms with van der Waals surface area (Å²) in [5, 5.41) is 10.9. The van der Waals surface area contributed by atoms with E-state index in [0.29, 0.717) is 11.1 Å². The van der Waals surface area contributed by atoms with Crippen LogP contribution in [-0.4, -0.2) is 50.1 Å². The predicted octanol–water partition coefficient (Wildman–Crippen LogP) is 2.26. The van der Waals surface area contributed by atoms with E-state index in [0.717, 1.165) is 37.2 Å². The Kier molecular flexibility index (Phi) is 5.09. The molecule has 3 aromatic rings. The summed E-state index contributed by atoms with van der Waals surface area (Å²) in [6.45, 7) is 1.79. The van der Waals surface area contributed by atoms with Crippen LogP contribution < -0.4 is 0 Å². The van der Waals surface area contributed by atoms with Gasteiger partial charge in [-0.3, -0.25) is 4.79 Å². The van der Waals surface area contributed by atoms with Crippen LogP contribution in [0.15, 0.2) is 54.9 Å². The van der Waals surface area contributed by atoms with Crippen molar-refractivity contribution in [1.82, 2.24) is 25.1 Å². The lowest BCUT2D eigenvalue weighted by molar-refractivity contribution is 0.0472. The standard InChI is InChI=1S/C20H19N5O3/c26-19(24-11-1-2-12-24)16-5-3-15(4-6-16)13-28-20(27)17-7-9-18(10-8-17)25-14-21-22-23-25/h3-10,14H,1-2,11-13H2. The van der Waals surface area contributed by atoms with Crippen molar-refractivity contribution in [3.8, 4) is 5.69 Å². The third-order valence-electron chi connectivity index (χ3n) is 4.68. The van der Waals surface area contributed by atoms with Gasteiger partial charge in [0, 0.05) is 18.7 Å². The van der Waals surface area contributed by atoms with Crippen molar-refractivity contribution in [2.45, 2.75) is 19.4 Å². The maximum absolute atomic E-state index is 12.3. The molecule has 28 heavy (non-hydrogen) atoms. The Hall–Kier alpha value is -3.55. The van der Waals surface area contributed by atoms with Gasteiger partial charge in [-0.05, 0) is 65.2 Å². The zero-order valence-electron chi connectivity index (χ0n) is 15.2. The number of likely N-dealkylation sites (tertiary alicyclic amines) is 1. The summed E-state index contributed by atoms with van der Waals surface area (Å²) >= 11 is 0. The largest absolute Gasteiger partial charge is 0.457 e. The molecule has 0 aliphatic carbocycles. The topological polar surface area (TPSA) is 90.2 Å². The zero-order valence-corrected chi connectivity index (χ0v) is 15.2. The lowest BCUT2D eigenvalue weighted by Crippen LogP contribution is -2.27. The van der Waals surface area contributed by atoms with Crippen LogP contribution in [0.3, 0.4) is 0 Å². The Morgan fingerprint density at radius 3 is 2.25 bits per heavy atom. The van der Waals surface area contributed by atoms with Gasteiger partial charge in [0.25, 0.3) is 5.91 Å². The molecule has 2 heterocycles. The fraction of sp³-hybridized carbons (Fsp3) is 0.250. The number of hydrogen-bond donors (Lipinski definition) is 0. The molecule has 8 nitrogen and oxygen atoms in total. The second-order valence-electron chi connectivity index (χ2n) is 6.57. The van der Waals surface area contributed by atoms with E-state index in [1.807, 2.05) is 17.0 Å². The number of hydrogen-bond acceptors (Lipinski definition) is 6. The van der Waals surface area contributed by atoms with E-state index in [4.69, 9.17) is 4.74 Å². The van der Waals surface area contributed by atoms with Crippen LogP contribution in [0.5, 0.6) is 0 Å². The van der Waals surface area contributed by atoms with Gasteiger partial charge in [-0.1, -0.05) is 12.1 Å². The summed E-state index contributed by atoms with van der Waals surface area (Å²) in [4.78, 5) is 26.5. The Morgan fingerprint density at radius 1 is 0.929 bits per heavy atom. The quantitative estimate of drug-likeness (QED) is 0.634. The van der Waals surface area contributed by atoms with Gasteiger partial charge in [-0.15, -0.1) is 5.10 Å². The minimum absolute atomic E-state index is 0.0590. The molecule has 1 aliphatic heterocycles. The molecule has 0 saturated carbocycles. The van der Waals surface area contributed by atoms with Crippen LogP contribution in [0, 0.1) is 0 Å². The number of benzene rings is 2. The van der Waals surface area contributed by atoms with E-state index in [1.54, 1.807) is 36.4 Å². The SMILES string of the molecule is O=C(OCc1ccc(C(=O)N2CCCC2)cc1)c1ccc(-n2cnnn2)cc1. The first-order valence-corrected chi connectivity index (χ1v) is 9.09. The Balaban J connectivity index is 1.33. The van der Waals surface area contributed by atoms with Crippen LogP contribution in [-0.2, 0) is 11.3 Å². The summed E-state index contributed by atoms with van der Waals surface area (Å²) in [5.41, 5.74) is 2.68. The van der Waals surface area contributed by atoms with Gasteiger partial charge < -0.3 is 9.64 Å². The van der Waals surface area contributed by atoms with Crippen LogP contribution in [0.2, 0.25) is 0 Å². The summed E-state index contributed by atoms with van der Waals surface area (Å²) in [6.07, 6.45) is 3.61. The number of rotatable bonds is 5. The first-order valence-electron chi connectivity index (χ1n) is 9.09. The number of ether oxygens (including phenoxy) is 1. The van der Waals surface area contributed by atoms with Gasteiger partial charge in [-0.25, -0.2) is 9.48 Å². The molecule has 4 rings (SSSR count). The van der Waals surface area contributed by atoms with E-state index >= 15 is 0 Å². The highest BCUT2D eigenvalue weighted by atomic mass is 16.5. The monoisotopic (exact) mass is 377 g/mol. The van der Waals surface area contributed by atoms with Crippen molar-refractivity contribution >= 4 is 11.9 Å².